The Kier molecular flexibility index (Phi) is 5.64. The molecule has 0 aliphatic carbocycles. The number of likely N-dealkylation sites (N-methyl/N-ethyl adjacent to an activating group) is 1. The van der Waals surface area contributed by atoms with Crippen molar-refractivity contribution >= 4 is 15.9 Å². The highest BCUT2D eigenvalue weighted by Gasteiger charge is 2.51. The maximum atomic E-state index is 12.9. The number of sulfonamides is 1. The van der Waals surface area contributed by atoms with Crippen LogP contribution in [0.15, 0.2) is 65.6 Å². The Morgan fingerprint density at radius 2 is 1.59 bits per heavy atom. The highest BCUT2D eigenvalue weighted by Crippen LogP contribution is 2.41. The number of nitrogens with zero attached hydrogens (tertiary/aromatic N) is 2. The molecule has 7 heteroatoms. The first-order valence-corrected chi connectivity index (χ1v) is 10.3. The molecule has 1 N–H and O–H groups in total. The monoisotopic (exact) mass is 388 g/mol. The van der Waals surface area contributed by atoms with Crippen LogP contribution in [-0.2, 0) is 14.8 Å². The number of rotatable bonds is 6. The third-order valence-electron chi connectivity index (χ3n) is 5.17. The lowest BCUT2D eigenvalue weighted by atomic mass is 9.75. The predicted molar refractivity (Wildman–Crippen MR) is 103 cm³/mol. The molecule has 1 aliphatic heterocycles. The number of carbonyl (C=O) groups is 1. The molecule has 2 aromatic carbocycles. The largest absolute Gasteiger partial charge is 0.394 e. The zero-order valence-corrected chi connectivity index (χ0v) is 16.2. The van der Waals surface area contributed by atoms with Gasteiger partial charge in [-0.05, 0) is 17.7 Å². The first-order valence-electron chi connectivity index (χ1n) is 8.84. The van der Waals surface area contributed by atoms with Crippen LogP contribution in [0, 0.1) is 0 Å². The van der Waals surface area contributed by atoms with Crippen LogP contribution in [0.4, 0.5) is 0 Å². The zero-order chi connectivity index (χ0) is 19.6. The van der Waals surface area contributed by atoms with E-state index >= 15 is 0 Å². The number of carbonyl (C=O) groups excluding carboxylic acids is 1. The van der Waals surface area contributed by atoms with E-state index < -0.39 is 10.0 Å². The van der Waals surface area contributed by atoms with Crippen LogP contribution in [-0.4, -0.2) is 60.9 Å². The van der Waals surface area contributed by atoms with Crippen molar-refractivity contribution in [2.24, 2.45) is 0 Å². The maximum absolute atomic E-state index is 12.9. The van der Waals surface area contributed by atoms with Crippen LogP contribution in [0.25, 0.3) is 0 Å². The van der Waals surface area contributed by atoms with E-state index in [2.05, 4.69) is 0 Å². The topological polar surface area (TPSA) is 77.9 Å². The summed E-state index contributed by atoms with van der Waals surface area (Å²) < 4.78 is 27.0. The molecule has 3 rings (SSSR count). The van der Waals surface area contributed by atoms with Crippen molar-refractivity contribution in [1.82, 2.24) is 9.21 Å². The second-order valence-electron chi connectivity index (χ2n) is 6.78. The van der Waals surface area contributed by atoms with Gasteiger partial charge in [0.2, 0.25) is 15.9 Å². The SMILES string of the molecule is CC(=O)N1[C@@H](CO)[C@@H](c2ccccc2)[C@@H]1CN(C)S(=O)(=O)c1ccccc1. The summed E-state index contributed by atoms with van der Waals surface area (Å²) in [6.45, 7) is 1.44. The summed E-state index contributed by atoms with van der Waals surface area (Å²) in [5, 5.41) is 9.80. The lowest BCUT2D eigenvalue weighted by Gasteiger charge is -2.55. The Morgan fingerprint density at radius 1 is 1.04 bits per heavy atom. The van der Waals surface area contributed by atoms with E-state index in [1.807, 2.05) is 30.3 Å². The first kappa shape index (κ1) is 19.5. The molecule has 2 aromatic rings. The van der Waals surface area contributed by atoms with E-state index in [1.54, 1.807) is 35.2 Å². The van der Waals surface area contributed by atoms with Crippen molar-refractivity contribution in [3.8, 4) is 0 Å². The Hall–Kier alpha value is -2.22. The van der Waals surface area contributed by atoms with Crippen LogP contribution in [0.3, 0.4) is 0 Å². The fraction of sp³-hybridized carbons (Fsp3) is 0.350. The number of aliphatic hydroxyl groups excluding tert-OH is 1. The van der Waals surface area contributed by atoms with Gasteiger partial charge in [0.15, 0.2) is 0 Å². The molecule has 0 radical (unpaired) electrons. The molecule has 0 spiro atoms. The number of likely N-dealkylation sites (tertiary alicyclic amines) is 1. The summed E-state index contributed by atoms with van der Waals surface area (Å²) in [6.07, 6.45) is 0. The third-order valence-corrected chi connectivity index (χ3v) is 7.01. The Labute approximate surface area is 160 Å². The van der Waals surface area contributed by atoms with E-state index in [0.717, 1.165) is 5.56 Å². The van der Waals surface area contributed by atoms with Gasteiger partial charge in [0.05, 0.1) is 23.6 Å². The van der Waals surface area contributed by atoms with Gasteiger partial charge < -0.3 is 10.0 Å². The number of hydrogen-bond acceptors (Lipinski definition) is 4. The highest BCUT2D eigenvalue weighted by molar-refractivity contribution is 7.89. The minimum Gasteiger partial charge on any atom is -0.394 e. The summed E-state index contributed by atoms with van der Waals surface area (Å²) in [7, 11) is -2.13. The van der Waals surface area contributed by atoms with Crippen LogP contribution in [0.5, 0.6) is 0 Å². The number of amides is 1. The van der Waals surface area contributed by atoms with E-state index in [9.17, 15) is 18.3 Å². The van der Waals surface area contributed by atoms with Crippen molar-refractivity contribution in [3.63, 3.8) is 0 Å². The molecular weight excluding hydrogens is 364 g/mol. The number of hydrogen-bond donors (Lipinski definition) is 1. The smallest absolute Gasteiger partial charge is 0.242 e. The maximum Gasteiger partial charge on any atom is 0.242 e. The molecule has 0 unspecified atom stereocenters. The van der Waals surface area contributed by atoms with Gasteiger partial charge in [-0.25, -0.2) is 8.42 Å². The van der Waals surface area contributed by atoms with Crippen molar-refractivity contribution in [3.05, 3.63) is 66.2 Å². The fourth-order valence-corrected chi connectivity index (χ4v) is 5.08. The minimum atomic E-state index is -3.66. The summed E-state index contributed by atoms with van der Waals surface area (Å²) >= 11 is 0. The van der Waals surface area contributed by atoms with Gasteiger partial charge in [0.1, 0.15) is 0 Å². The molecule has 0 saturated carbocycles. The lowest BCUT2D eigenvalue weighted by molar-refractivity contribution is -0.148. The van der Waals surface area contributed by atoms with Crippen LogP contribution >= 0.6 is 0 Å². The summed E-state index contributed by atoms with van der Waals surface area (Å²) in [4.78, 5) is 13.9. The molecule has 1 heterocycles. The normalized spacial score (nSPS) is 22.5. The van der Waals surface area contributed by atoms with Gasteiger partial charge in [-0.3, -0.25) is 4.79 Å². The highest BCUT2D eigenvalue weighted by atomic mass is 32.2. The van der Waals surface area contributed by atoms with Crippen LogP contribution < -0.4 is 0 Å². The molecule has 0 aromatic heterocycles. The zero-order valence-electron chi connectivity index (χ0n) is 15.4. The molecule has 1 aliphatic rings. The van der Waals surface area contributed by atoms with Crippen molar-refractivity contribution < 1.29 is 18.3 Å². The molecule has 144 valence electrons. The van der Waals surface area contributed by atoms with E-state index in [1.165, 1.54) is 18.3 Å². The van der Waals surface area contributed by atoms with E-state index in [-0.39, 0.29) is 42.0 Å². The molecular formula is C20H24N2O4S. The van der Waals surface area contributed by atoms with Crippen LogP contribution in [0.2, 0.25) is 0 Å². The summed E-state index contributed by atoms with van der Waals surface area (Å²) in [6, 6.07) is 17.2. The van der Waals surface area contributed by atoms with Crippen LogP contribution in [0.1, 0.15) is 18.4 Å². The summed E-state index contributed by atoms with van der Waals surface area (Å²) in [5.41, 5.74) is 0.990. The van der Waals surface area contributed by atoms with Gasteiger partial charge >= 0.3 is 0 Å². The average molecular weight is 388 g/mol. The van der Waals surface area contributed by atoms with Crippen molar-refractivity contribution in [1.29, 1.82) is 0 Å². The lowest BCUT2D eigenvalue weighted by Crippen LogP contribution is -2.68. The second kappa shape index (κ2) is 7.80. The molecule has 6 nitrogen and oxygen atoms in total. The number of aliphatic hydroxyl groups is 1. The minimum absolute atomic E-state index is 0.117. The van der Waals surface area contributed by atoms with Gasteiger partial charge in [-0.1, -0.05) is 48.5 Å². The third kappa shape index (κ3) is 3.63. The van der Waals surface area contributed by atoms with Gasteiger partial charge in [-0.2, -0.15) is 4.31 Å². The molecule has 1 amide bonds. The van der Waals surface area contributed by atoms with Gasteiger partial charge in [0.25, 0.3) is 0 Å². The van der Waals surface area contributed by atoms with Gasteiger partial charge in [-0.15, -0.1) is 0 Å². The quantitative estimate of drug-likeness (QED) is 0.817. The molecule has 1 saturated heterocycles. The molecule has 3 atom stereocenters. The average Bonchev–Trinajstić information content (AvgIpc) is 2.65. The molecule has 0 bridgehead atoms. The first-order chi connectivity index (χ1) is 12.9. The standard InChI is InChI=1S/C20H24N2O4S/c1-15(24)22-18(20(19(22)14-23)16-9-5-3-6-10-16)13-21(2)27(25,26)17-11-7-4-8-12-17/h3-12,18-20,23H,13-14H2,1-2H3/t18-,19-,20-/m0/s1. The fourth-order valence-electron chi connectivity index (χ4n) is 3.87. The summed E-state index contributed by atoms with van der Waals surface area (Å²) in [5.74, 6) is -0.287. The van der Waals surface area contributed by atoms with Gasteiger partial charge in [0, 0.05) is 26.4 Å². The number of benzene rings is 2. The predicted octanol–water partition coefficient (Wildman–Crippen LogP) is 1.68. The Bertz CT molecular complexity index is 887. The molecule has 1 fully saturated rings. The Balaban J connectivity index is 1.89. The van der Waals surface area contributed by atoms with Crippen molar-refractivity contribution in [2.45, 2.75) is 29.8 Å². The molecule has 27 heavy (non-hydrogen) atoms. The Morgan fingerprint density at radius 3 is 2.11 bits per heavy atom. The van der Waals surface area contributed by atoms with Crippen molar-refractivity contribution in [2.75, 3.05) is 20.2 Å². The van der Waals surface area contributed by atoms with E-state index in [4.69, 9.17) is 0 Å². The second-order valence-corrected chi connectivity index (χ2v) is 8.82. The van der Waals surface area contributed by atoms with E-state index in [0.29, 0.717) is 0 Å².